The summed E-state index contributed by atoms with van der Waals surface area (Å²) in [5.41, 5.74) is -0.0493. The van der Waals surface area contributed by atoms with Gasteiger partial charge in [-0.25, -0.2) is 0 Å². The van der Waals surface area contributed by atoms with Gasteiger partial charge in [0.25, 0.3) is 0 Å². The van der Waals surface area contributed by atoms with Crippen LogP contribution < -0.4 is 5.32 Å². The minimum absolute atomic E-state index is 0.0493. The molecule has 0 aromatic carbocycles. The summed E-state index contributed by atoms with van der Waals surface area (Å²) in [4.78, 5) is 0. The smallest absolute Gasteiger partial charge is 0.106 e. The lowest BCUT2D eigenvalue weighted by Gasteiger charge is -2.28. The Bertz CT molecular complexity index is 194. The van der Waals surface area contributed by atoms with Crippen molar-refractivity contribution in [1.82, 2.24) is 5.32 Å². The fraction of sp³-hybridized carbons (Fsp3) is 1.00. The lowest BCUT2D eigenvalue weighted by Crippen LogP contribution is -2.46. The van der Waals surface area contributed by atoms with Gasteiger partial charge >= 0.3 is 0 Å². The van der Waals surface area contributed by atoms with Crippen molar-refractivity contribution in [1.29, 1.82) is 0 Å². The van der Waals surface area contributed by atoms with Crippen LogP contribution in [-0.2, 0) is 9.47 Å². The first kappa shape index (κ1) is 12.3. The van der Waals surface area contributed by atoms with Crippen LogP contribution in [0.2, 0.25) is 0 Å². The van der Waals surface area contributed by atoms with Crippen LogP contribution in [0.25, 0.3) is 0 Å². The van der Waals surface area contributed by atoms with E-state index in [9.17, 15) is 0 Å². The fourth-order valence-electron chi connectivity index (χ4n) is 2.77. The molecule has 1 aliphatic heterocycles. The molecule has 16 heavy (non-hydrogen) atoms. The van der Waals surface area contributed by atoms with Crippen molar-refractivity contribution in [2.45, 2.75) is 56.6 Å². The van der Waals surface area contributed by atoms with E-state index < -0.39 is 0 Å². The van der Waals surface area contributed by atoms with Crippen LogP contribution in [0.1, 0.15) is 44.9 Å². The number of methoxy groups -OCH3 is 1. The Morgan fingerprint density at radius 1 is 1.25 bits per heavy atom. The van der Waals surface area contributed by atoms with Crippen LogP contribution in [0, 0.1) is 0 Å². The zero-order valence-corrected chi connectivity index (χ0v) is 10.5. The highest BCUT2D eigenvalue weighted by molar-refractivity contribution is 4.88. The van der Waals surface area contributed by atoms with Gasteiger partial charge in [-0.05, 0) is 12.8 Å². The van der Waals surface area contributed by atoms with Gasteiger partial charge in [-0.3, -0.25) is 0 Å². The SMILES string of the molecule is COC1(CNC2CCCCCC2)CCOC1. The average Bonchev–Trinajstić information content (AvgIpc) is 2.63. The summed E-state index contributed by atoms with van der Waals surface area (Å²) in [6, 6.07) is 0.704. The van der Waals surface area contributed by atoms with Crippen molar-refractivity contribution >= 4 is 0 Å². The van der Waals surface area contributed by atoms with Gasteiger partial charge in [0.2, 0.25) is 0 Å². The fourth-order valence-corrected chi connectivity index (χ4v) is 2.77. The molecule has 0 aromatic heterocycles. The van der Waals surface area contributed by atoms with E-state index >= 15 is 0 Å². The molecule has 0 bridgehead atoms. The summed E-state index contributed by atoms with van der Waals surface area (Å²) in [5.74, 6) is 0. The molecule has 3 heteroatoms. The minimum atomic E-state index is -0.0493. The topological polar surface area (TPSA) is 30.5 Å². The van der Waals surface area contributed by atoms with Crippen LogP contribution >= 0.6 is 0 Å². The van der Waals surface area contributed by atoms with E-state index in [1.807, 2.05) is 7.11 Å². The van der Waals surface area contributed by atoms with Crippen molar-refractivity contribution in [3.05, 3.63) is 0 Å². The van der Waals surface area contributed by atoms with Gasteiger partial charge in [0.05, 0.1) is 6.61 Å². The lowest BCUT2D eigenvalue weighted by atomic mass is 10.0. The molecule has 0 amide bonds. The zero-order chi connectivity index (χ0) is 11.3. The maximum Gasteiger partial charge on any atom is 0.106 e. The number of ether oxygens (including phenoxy) is 2. The summed E-state index contributed by atoms with van der Waals surface area (Å²) in [6.45, 7) is 2.55. The second-order valence-electron chi connectivity index (χ2n) is 5.26. The van der Waals surface area contributed by atoms with Gasteiger partial charge in [-0.2, -0.15) is 0 Å². The molecule has 1 unspecified atom stereocenters. The van der Waals surface area contributed by atoms with Crippen molar-refractivity contribution in [2.75, 3.05) is 26.9 Å². The zero-order valence-electron chi connectivity index (χ0n) is 10.5. The van der Waals surface area contributed by atoms with Gasteiger partial charge in [0.1, 0.15) is 5.60 Å². The number of hydrogen-bond donors (Lipinski definition) is 1. The Morgan fingerprint density at radius 2 is 2.00 bits per heavy atom. The third-order valence-corrected chi connectivity index (χ3v) is 4.07. The molecule has 94 valence electrons. The van der Waals surface area contributed by atoms with Gasteiger partial charge in [0.15, 0.2) is 0 Å². The molecule has 1 aliphatic carbocycles. The first-order chi connectivity index (χ1) is 7.85. The molecule has 0 radical (unpaired) electrons. The summed E-state index contributed by atoms with van der Waals surface area (Å²) in [7, 11) is 1.81. The van der Waals surface area contributed by atoms with Crippen molar-refractivity contribution < 1.29 is 9.47 Å². The molecule has 2 aliphatic rings. The van der Waals surface area contributed by atoms with E-state index in [2.05, 4.69) is 5.32 Å². The van der Waals surface area contributed by atoms with Crippen LogP contribution in [0.15, 0.2) is 0 Å². The Balaban J connectivity index is 1.76. The Morgan fingerprint density at radius 3 is 2.56 bits per heavy atom. The van der Waals surface area contributed by atoms with Crippen LogP contribution in [-0.4, -0.2) is 38.5 Å². The van der Waals surface area contributed by atoms with Crippen LogP contribution in [0.4, 0.5) is 0 Å². The summed E-state index contributed by atoms with van der Waals surface area (Å²) in [5, 5.41) is 3.69. The summed E-state index contributed by atoms with van der Waals surface area (Å²) < 4.78 is 11.1. The van der Waals surface area contributed by atoms with E-state index in [0.717, 1.165) is 26.2 Å². The van der Waals surface area contributed by atoms with E-state index in [4.69, 9.17) is 9.47 Å². The van der Waals surface area contributed by atoms with Crippen LogP contribution in [0.5, 0.6) is 0 Å². The average molecular weight is 227 g/mol. The third kappa shape index (κ3) is 3.19. The maximum absolute atomic E-state index is 5.63. The highest BCUT2D eigenvalue weighted by atomic mass is 16.5. The molecular weight excluding hydrogens is 202 g/mol. The molecule has 2 fully saturated rings. The molecule has 1 heterocycles. The lowest BCUT2D eigenvalue weighted by molar-refractivity contribution is -0.0177. The molecule has 1 atom stereocenters. The largest absolute Gasteiger partial charge is 0.378 e. The van der Waals surface area contributed by atoms with Gasteiger partial charge in [-0.1, -0.05) is 25.7 Å². The molecule has 2 rings (SSSR count). The highest BCUT2D eigenvalue weighted by Gasteiger charge is 2.35. The minimum Gasteiger partial charge on any atom is -0.378 e. The van der Waals surface area contributed by atoms with Crippen molar-refractivity contribution in [3.8, 4) is 0 Å². The number of nitrogens with one attached hydrogen (secondary N) is 1. The predicted octanol–water partition coefficient (Wildman–Crippen LogP) is 2.10. The van der Waals surface area contributed by atoms with E-state index in [0.29, 0.717) is 6.04 Å². The second kappa shape index (κ2) is 5.99. The molecule has 0 aromatic rings. The Kier molecular flexibility index (Phi) is 4.62. The second-order valence-corrected chi connectivity index (χ2v) is 5.26. The predicted molar refractivity (Wildman–Crippen MR) is 64.7 cm³/mol. The first-order valence-corrected chi connectivity index (χ1v) is 6.71. The Hall–Kier alpha value is -0.120. The van der Waals surface area contributed by atoms with Gasteiger partial charge < -0.3 is 14.8 Å². The molecule has 1 saturated heterocycles. The first-order valence-electron chi connectivity index (χ1n) is 6.71. The highest BCUT2D eigenvalue weighted by Crippen LogP contribution is 2.23. The Labute approximate surface area is 98.9 Å². The number of hydrogen-bond acceptors (Lipinski definition) is 3. The monoisotopic (exact) mass is 227 g/mol. The van der Waals surface area contributed by atoms with Crippen molar-refractivity contribution in [3.63, 3.8) is 0 Å². The molecule has 3 nitrogen and oxygen atoms in total. The van der Waals surface area contributed by atoms with Crippen LogP contribution in [0.3, 0.4) is 0 Å². The molecule has 1 N–H and O–H groups in total. The van der Waals surface area contributed by atoms with E-state index in [1.165, 1.54) is 38.5 Å². The standard InChI is InChI=1S/C13H25NO2/c1-15-13(8-9-16-11-13)10-14-12-6-4-2-3-5-7-12/h12,14H,2-11H2,1H3. The normalized spacial score (nSPS) is 32.8. The molecule has 0 spiro atoms. The summed E-state index contributed by atoms with van der Waals surface area (Å²) in [6.07, 6.45) is 9.29. The maximum atomic E-state index is 5.63. The molecular formula is C13H25NO2. The van der Waals surface area contributed by atoms with E-state index in [1.54, 1.807) is 0 Å². The third-order valence-electron chi connectivity index (χ3n) is 4.07. The number of rotatable bonds is 4. The van der Waals surface area contributed by atoms with E-state index in [-0.39, 0.29) is 5.60 Å². The van der Waals surface area contributed by atoms with Crippen molar-refractivity contribution in [2.24, 2.45) is 0 Å². The summed E-state index contributed by atoms with van der Waals surface area (Å²) >= 11 is 0. The quantitative estimate of drug-likeness (QED) is 0.746. The van der Waals surface area contributed by atoms with Gasteiger partial charge in [-0.15, -0.1) is 0 Å². The molecule has 1 saturated carbocycles. The van der Waals surface area contributed by atoms with Gasteiger partial charge in [0, 0.05) is 32.7 Å².